The van der Waals surface area contributed by atoms with Crippen molar-refractivity contribution >= 4 is 0 Å². The van der Waals surface area contributed by atoms with Crippen LogP contribution in [0.25, 0.3) is 0 Å². The van der Waals surface area contributed by atoms with Crippen molar-refractivity contribution in [1.29, 1.82) is 0 Å². The molecule has 124 valence electrons. The van der Waals surface area contributed by atoms with Crippen molar-refractivity contribution in [3.05, 3.63) is 12.0 Å². The predicted octanol–water partition coefficient (Wildman–Crippen LogP) is 6.93. The number of allylic oxidation sites excluding steroid dienone is 1. The molecule has 0 saturated heterocycles. The van der Waals surface area contributed by atoms with Gasteiger partial charge in [0.15, 0.2) is 0 Å². The molecule has 0 aromatic carbocycles. The second-order valence-corrected chi connectivity index (χ2v) is 7.94. The fraction of sp³-hybridized carbons (Fsp3) is 0.900. The fourth-order valence-corrected chi connectivity index (χ4v) is 3.16. The van der Waals surface area contributed by atoms with Gasteiger partial charge in [0.25, 0.3) is 0 Å². The molecule has 1 aliphatic heterocycles. The molecule has 3 unspecified atom stereocenters. The van der Waals surface area contributed by atoms with Gasteiger partial charge in [-0.25, -0.2) is 0 Å². The molecule has 1 nitrogen and oxygen atoms in total. The molecule has 1 rings (SSSR count). The molecule has 0 N–H and O–H groups in total. The van der Waals surface area contributed by atoms with E-state index in [9.17, 15) is 0 Å². The van der Waals surface area contributed by atoms with Gasteiger partial charge in [0, 0.05) is 5.92 Å². The van der Waals surface area contributed by atoms with E-state index >= 15 is 0 Å². The first-order valence-corrected chi connectivity index (χ1v) is 9.35. The largest absolute Gasteiger partial charge is 0.462 e. The molecule has 0 aromatic rings. The zero-order valence-corrected chi connectivity index (χ0v) is 15.2. The summed E-state index contributed by atoms with van der Waals surface area (Å²) < 4.78 is 5.16. The van der Waals surface area contributed by atoms with Crippen molar-refractivity contribution in [2.24, 2.45) is 23.7 Å². The summed E-state index contributed by atoms with van der Waals surface area (Å²) in [6.07, 6.45) is 14.5. The van der Waals surface area contributed by atoms with Crippen LogP contribution in [0.3, 0.4) is 0 Å². The third kappa shape index (κ3) is 9.98. The number of hydrogen-bond donors (Lipinski definition) is 0. The SMILES string of the molecule is CC(C)CCCC(C)CCCC(C)CCCC(C)C1=CO1. The standard InChI is InChI=1S/C20H38O/c1-16(2)9-6-10-17(3)11-7-12-18(4)13-8-14-19(5)20-15-21-20/h15-19H,6-14H2,1-5H3. The van der Waals surface area contributed by atoms with E-state index in [2.05, 4.69) is 34.6 Å². The lowest BCUT2D eigenvalue weighted by Crippen LogP contribution is -2.01. The molecule has 3 atom stereocenters. The molecule has 0 bridgehead atoms. The lowest BCUT2D eigenvalue weighted by atomic mass is 9.91. The normalized spacial score (nSPS) is 18.1. The van der Waals surface area contributed by atoms with E-state index in [4.69, 9.17) is 4.74 Å². The minimum Gasteiger partial charge on any atom is -0.462 e. The Hall–Kier alpha value is -0.460. The Labute approximate surface area is 133 Å². The van der Waals surface area contributed by atoms with Crippen LogP contribution in [0.4, 0.5) is 0 Å². The van der Waals surface area contributed by atoms with Gasteiger partial charge in [-0.2, -0.15) is 0 Å². The van der Waals surface area contributed by atoms with Crippen molar-refractivity contribution < 1.29 is 4.74 Å². The number of ether oxygens (including phenoxy) is 1. The Morgan fingerprint density at radius 3 is 1.57 bits per heavy atom. The third-order valence-corrected chi connectivity index (χ3v) is 4.95. The maximum Gasteiger partial charge on any atom is 0.141 e. The van der Waals surface area contributed by atoms with Crippen LogP contribution in [0.2, 0.25) is 0 Å². The van der Waals surface area contributed by atoms with Crippen molar-refractivity contribution in [2.45, 2.75) is 92.4 Å². The summed E-state index contributed by atoms with van der Waals surface area (Å²) in [7, 11) is 0. The van der Waals surface area contributed by atoms with Crippen LogP contribution in [0, 0.1) is 23.7 Å². The van der Waals surface area contributed by atoms with E-state index in [0.717, 1.165) is 17.8 Å². The van der Waals surface area contributed by atoms with E-state index < -0.39 is 0 Å². The summed E-state index contributed by atoms with van der Waals surface area (Å²) in [5, 5.41) is 0. The van der Waals surface area contributed by atoms with Crippen molar-refractivity contribution in [2.75, 3.05) is 0 Å². The van der Waals surface area contributed by atoms with E-state index in [1.54, 1.807) is 0 Å². The molecule has 0 saturated carbocycles. The first kappa shape index (κ1) is 18.6. The van der Waals surface area contributed by atoms with Gasteiger partial charge < -0.3 is 4.74 Å². The van der Waals surface area contributed by atoms with E-state index in [1.165, 1.54) is 63.5 Å². The summed E-state index contributed by atoms with van der Waals surface area (Å²) in [6.45, 7) is 11.8. The third-order valence-electron chi connectivity index (χ3n) is 4.95. The topological polar surface area (TPSA) is 12.5 Å². The van der Waals surface area contributed by atoms with Gasteiger partial charge in [0.2, 0.25) is 0 Å². The predicted molar refractivity (Wildman–Crippen MR) is 93.1 cm³/mol. The molecule has 0 aromatic heterocycles. The Morgan fingerprint density at radius 1 is 0.714 bits per heavy atom. The molecule has 1 aliphatic rings. The van der Waals surface area contributed by atoms with Gasteiger partial charge in [-0.15, -0.1) is 0 Å². The summed E-state index contributed by atoms with van der Waals surface area (Å²) in [5.74, 6) is 4.57. The minimum absolute atomic E-state index is 0.651. The molecule has 0 amide bonds. The van der Waals surface area contributed by atoms with Gasteiger partial charge >= 0.3 is 0 Å². The summed E-state index contributed by atoms with van der Waals surface area (Å²) in [4.78, 5) is 0. The van der Waals surface area contributed by atoms with Gasteiger partial charge in [0.1, 0.15) is 12.0 Å². The highest BCUT2D eigenvalue weighted by molar-refractivity contribution is 5.06. The lowest BCUT2D eigenvalue weighted by molar-refractivity contribution is 0.371. The van der Waals surface area contributed by atoms with Crippen LogP contribution in [0.1, 0.15) is 92.4 Å². The van der Waals surface area contributed by atoms with Crippen LogP contribution in [0.5, 0.6) is 0 Å². The molecule has 0 aliphatic carbocycles. The van der Waals surface area contributed by atoms with Crippen LogP contribution in [0.15, 0.2) is 12.0 Å². The Morgan fingerprint density at radius 2 is 1.14 bits per heavy atom. The number of hydrogen-bond acceptors (Lipinski definition) is 1. The molecule has 21 heavy (non-hydrogen) atoms. The highest BCUT2D eigenvalue weighted by Gasteiger charge is 2.18. The second kappa shape index (κ2) is 10.3. The zero-order valence-electron chi connectivity index (χ0n) is 15.2. The smallest absolute Gasteiger partial charge is 0.141 e. The average molecular weight is 295 g/mol. The zero-order chi connectivity index (χ0) is 15.7. The van der Waals surface area contributed by atoms with E-state index in [1.807, 2.05) is 6.26 Å². The van der Waals surface area contributed by atoms with Gasteiger partial charge in [-0.05, 0) is 24.2 Å². The minimum atomic E-state index is 0.651. The first-order valence-electron chi connectivity index (χ1n) is 9.35. The Bertz CT molecular complexity index is 292. The first-order chi connectivity index (χ1) is 9.99. The van der Waals surface area contributed by atoms with Crippen LogP contribution >= 0.6 is 0 Å². The van der Waals surface area contributed by atoms with Crippen LogP contribution < -0.4 is 0 Å². The summed E-state index contributed by atoms with van der Waals surface area (Å²) in [6, 6.07) is 0. The number of rotatable bonds is 13. The van der Waals surface area contributed by atoms with E-state index in [0.29, 0.717) is 5.92 Å². The lowest BCUT2D eigenvalue weighted by Gasteiger charge is -2.15. The maximum absolute atomic E-state index is 5.16. The van der Waals surface area contributed by atoms with Gasteiger partial charge in [0.05, 0.1) is 0 Å². The van der Waals surface area contributed by atoms with Crippen LogP contribution in [-0.2, 0) is 4.74 Å². The molecule has 1 heteroatoms. The Balaban J connectivity index is 1.92. The monoisotopic (exact) mass is 294 g/mol. The quantitative estimate of drug-likeness (QED) is 0.358. The average Bonchev–Trinajstić information content (AvgIpc) is 3.22. The summed E-state index contributed by atoms with van der Waals surface area (Å²) >= 11 is 0. The highest BCUT2D eigenvalue weighted by Crippen LogP contribution is 2.28. The van der Waals surface area contributed by atoms with E-state index in [-0.39, 0.29) is 0 Å². The van der Waals surface area contributed by atoms with Crippen LogP contribution in [-0.4, -0.2) is 0 Å². The van der Waals surface area contributed by atoms with Gasteiger partial charge in [-0.1, -0.05) is 86.0 Å². The Kier molecular flexibility index (Phi) is 9.11. The molecule has 1 heterocycles. The maximum atomic E-state index is 5.16. The fourth-order valence-electron chi connectivity index (χ4n) is 3.16. The summed E-state index contributed by atoms with van der Waals surface area (Å²) in [5.41, 5.74) is 0. The van der Waals surface area contributed by atoms with Crippen molar-refractivity contribution in [1.82, 2.24) is 0 Å². The molecular weight excluding hydrogens is 256 g/mol. The van der Waals surface area contributed by atoms with Crippen molar-refractivity contribution in [3.63, 3.8) is 0 Å². The molecular formula is C20H38O. The highest BCUT2D eigenvalue weighted by atomic mass is 16.5. The van der Waals surface area contributed by atoms with Crippen molar-refractivity contribution in [3.8, 4) is 0 Å². The molecule has 0 radical (unpaired) electrons. The second-order valence-electron chi connectivity index (χ2n) is 7.94. The van der Waals surface area contributed by atoms with Gasteiger partial charge in [-0.3, -0.25) is 0 Å². The molecule has 0 fully saturated rings. The molecule has 0 spiro atoms.